The van der Waals surface area contributed by atoms with Crippen molar-refractivity contribution in [3.63, 3.8) is 0 Å². The molecular formula is C20H26N2O2. The highest BCUT2D eigenvalue weighted by molar-refractivity contribution is 5.76. The molecule has 1 amide bonds. The van der Waals surface area contributed by atoms with Crippen LogP contribution < -0.4 is 15.4 Å². The van der Waals surface area contributed by atoms with Gasteiger partial charge in [-0.2, -0.15) is 0 Å². The molecule has 0 spiro atoms. The number of methoxy groups -OCH3 is 1. The molecule has 0 aromatic heterocycles. The van der Waals surface area contributed by atoms with Gasteiger partial charge >= 0.3 is 0 Å². The molecular weight excluding hydrogens is 300 g/mol. The van der Waals surface area contributed by atoms with E-state index >= 15 is 0 Å². The summed E-state index contributed by atoms with van der Waals surface area (Å²) < 4.78 is 5.33. The maximum atomic E-state index is 12.0. The summed E-state index contributed by atoms with van der Waals surface area (Å²) in [5, 5.41) is 6.34. The molecule has 4 heteroatoms. The van der Waals surface area contributed by atoms with Crippen LogP contribution in [0.1, 0.15) is 30.5 Å². The Bertz CT molecular complexity index is 629. The van der Waals surface area contributed by atoms with Crippen molar-refractivity contribution >= 4 is 5.91 Å². The molecule has 2 aromatic carbocycles. The van der Waals surface area contributed by atoms with Gasteiger partial charge in [0.1, 0.15) is 5.75 Å². The third-order valence-corrected chi connectivity index (χ3v) is 3.97. The van der Waals surface area contributed by atoms with Gasteiger partial charge in [0.05, 0.1) is 13.2 Å². The number of nitrogens with one attached hydrogen (secondary N) is 2. The minimum absolute atomic E-state index is 0.0345. The Morgan fingerprint density at radius 3 is 2.50 bits per heavy atom. The van der Waals surface area contributed by atoms with Crippen molar-refractivity contribution in [3.05, 3.63) is 65.7 Å². The molecule has 2 aromatic rings. The molecule has 0 radical (unpaired) electrons. The Morgan fingerprint density at radius 2 is 1.75 bits per heavy atom. The zero-order valence-electron chi connectivity index (χ0n) is 14.4. The lowest BCUT2D eigenvalue weighted by molar-refractivity contribution is -0.121. The molecule has 1 unspecified atom stereocenters. The van der Waals surface area contributed by atoms with Crippen LogP contribution in [0.25, 0.3) is 0 Å². The van der Waals surface area contributed by atoms with E-state index in [0.717, 1.165) is 24.3 Å². The zero-order valence-corrected chi connectivity index (χ0v) is 14.4. The number of rotatable bonds is 9. The first-order valence-corrected chi connectivity index (χ1v) is 8.37. The van der Waals surface area contributed by atoms with Gasteiger partial charge in [0.25, 0.3) is 0 Å². The number of carbonyl (C=O) groups excluding carboxylic acids is 1. The molecule has 2 rings (SSSR count). The molecule has 24 heavy (non-hydrogen) atoms. The minimum atomic E-state index is 0.0345. The predicted molar refractivity (Wildman–Crippen MR) is 97.2 cm³/mol. The summed E-state index contributed by atoms with van der Waals surface area (Å²) in [4.78, 5) is 12.0. The van der Waals surface area contributed by atoms with Gasteiger partial charge in [0, 0.05) is 13.0 Å². The van der Waals surface area contributed by atoms with E-state index in [2.05, 4.69) is 16.7 Å². The van der Waals surface area contributed by atoms with Crippen LogP contribution in [0.3, 0.4) is 0 Å². The fourth-order valence-corrected chi connectivity index (χ4v) is 2.60. The quantitative estimate of drug-likeness (QED) is 0.696. The number of amides is 1. The van der Waals surface area contributed by atoms with Crippen LogP contribution in [0.4, 0.5) is 0 Å². The van der Waals surface area contributed by atoms with Crippen LogP contribution >= 0.6 is 0 Å². The van der Waals surface area contributed by atoms with Crippen molar-refractivity contribution in [2.45, 2.75) is 25.8 Å². The standard InChI is InChI=1S/C20H26N2O2/c1-16(17-8-4-3-5-9-17)22-20(23)13-15-21-14-12-18-10-6-7-11-19(18)24-2/h3-11,16,21H,12-15H2,1-2H3,(H,22,23). The summed E-state index contributed by atoms with van der Waals surface area (Å²) in [5.41, 5.74) is 2.30. The molecule has 0 aliphatic rings. The summed E-state index contributed by atoms with van der Waals surface area (Å²) in [5.74, 6) is 0.977. The van der Waals surface area contributed by atoms with Gasteiger partial charge in [-0.15, -0.1) is 0 Å². The van der Waals surface area contributed by atoms with Crippen molar-refractivity contribution in [3.8, 4) is 5.75 Å². The summed E-state index contributed by atoms with van der Waals surface area (Å²) in [6.45, 7) is 3.49. The lowest BCUT2D eigenvalue weighted by Gasteiger charge is -2.14. The number of ether oxygens (including phenoxy) is 1. The molecule has 0 aliphatic carbocycles. The van der Waals surface area contributed by atoms with E-state index in [1.54, 1.807) is 7.11 Å². The summed E-state index contributed by atoms with van der Waals surface area (Å²) in [7, 11) is 1.69. The molecule has 0 saturated carbocycles. The highest BCUT2D eigenvalue weighted by Gasteiger charge is 2.08. The lowest BCUT2D eigenvalue weighted by atomic mass is 10.1. The number of hydrogen-bond donors (Lipinski definition) is 2. The smallest absolute Gasteiger partial charge is 0.221 e. The van der Waals surface area contributed by atoms with Gasteiger partial charge in [0.2, 0.25) is 5.91 Å². The number of hydrogen-bond acceptors (Lipinski definition) is 3. The average Bonchev–Trinajstić information content (AvgIpc) is 2.62. The molecule has 0 fully saturated rings. The van der Waals surface area contributed by atoms with E-state index < -0.39 is 0 Å². The molecule has 0 aliphatic heterocycles. The van der Waals surface area contributed by atoms with Crippen molar-refractivity contribution in [1.29, 1.82) is 0 Å². The van der Waals surface area contributed by atoms with E-state index in [4.69, 9.17) is 4.74 Å². The second-order valence-electron chi connectivity index (χ2n) is 5.76. The van der Waals surface area contributed by atoms with Crippen LogP contribution in [0.15, 0.2) is 54.6 Å². The Labute approximate surface area is 144 Å². The fourth-order valence-electron chi connectivity index (χ4n) is 2.60. The Morgan fingerprint density at radius 1 is 1.04 bits per heavy atom. The molecule has 1 atom stereocenters. The van der Waals surface area contributed by atoms with Crippen LogP contribution in [0, 0.1) is 0 Å². The third kappa shape index (κ3) is 5.70. The molecule has 0 bridgehead atoms. The second kappa shape index (κ2) is 9.73. The molecule has 0 saturated heterocycles. The van der Waals surface area contributed by atoms with Gasteiger partial charge in [-0.3, -0.25) is 4.79 Å². The van der Waals surface area contributed by atoms with E-state index in [9.17, 15) is 4.79 Å². The van der Waals surface area contributed by atoms with Gasteiger partial charge in [0.15, 0.2) is 0 Å². The number of carbonyl (C=O) groups is 1. The third-order valence-electron chi connectivity index (χ3n) is 3.97. The van der Waals surface area contributed by atoms with Crippen LogP contribution in [-0.4, -0.2) is 26.1 Å². The first kappa shape index (κ1) is 18.0. The van der Waals surface area contributed by atoms with E-state index in [1.807, 2.05) is 55.5 Å². The lowest BCUT2D eigenvalue weighted by Crippen LogP contribution is -2.30. The van der Waals surface area contributed by atoms with E-state index in [1.165, 1.54) is 5.56 Å². The van der Waals surface area contributed by atoms with E-state index in [-0.39, 0.29) is 11.9 Å². The van der Waals surface area contributed by atoms with Crippen LogP contribution in [-0.2, 0) is 11.2 Å². The minimum Gasteiger partial charge on any atom is -0.496 e. The maximum Gasteiger partial charge on any atom is 0.221 e. The van der Waals surface area contributed by atoms with Crippen LogP contribution in [0.2, 0.25) is 0 Å². The van der Waals surface area contributed by atoms with Gasteiger partial charge in [-0.05, 0) is 37.1 Å². The van der Waals surface area contributed by atoms with Gasteiger partial charge in [-0.1, -0.05) is 48.5 Å². The first-order chi connectivity index (χ1) is 11.7. The molecule has 128 valence electrons. The Balaban J connectivity index is 1.64. The summed E-state index contributed by atoms with van der Waals surface area (Å²) >= 11 is 0. The zero-order chi connectivity index (χ0) is 17.2. The molecule has 0 heterocycles. The fraction of sp³-hybridized carbons (Fsp3) is 0.350. The van der Waals surface area contributed by atoms with Crippen molar-refractivity contribution in [1.82, 2.24) is 10.6 Å². The van der Waals surface area contributed by atoms with E-state index in [0.29, 0.717) is 13.0 Å². The maximum absolute atomic E-state index is 12.0. The SMILES string of the molecule is COc1ccccc1CCNCCC(=O)NC(C)c1ccccc1. The van der Waals surface area contributed by atoms with Crippen molar-refractivity contribution < 1.29 is 9.53 Å². The van der Waals surface area contributed by atoms with Gasteiger partial charge in [-0.25, -0.2) is 0 Å². The van der Waals surface area contributed by atoms with Crippen molar-refractivity contribution in [2.75, 3.05) is 20.2 Å². The Hall–Kier alpha value is -2.33. The largest absolute Gasteiger partial charge is 0.496 e. The van der Waals surface area contributed by atoms with Crippen molar-refractivity contribution in [2.24, 2.45) is 0 Å². The highest BCUT2D eigenvalue weighted by atomic mass is 16.5. The molecule has 4 nitrogen and oxygen atoms in total. The second-order valence-corrected chi connectivity index (χ2v) is 5.76. The van der Waals surface area contributed by atoms with Gasteiger partial charge < -0.3 is 15.4 Å². The molecule has 2 N–H and O–H groups in total. The normalized spacial score (nSPS) is 11.8. The van der Waals surface area contributed by atoms with Crippen LogP contribution in [0.5, 0.6) is 5.75 Å². The average molecular weight is 326 g/mol. The highest BCUT2D eigenvalue weighted by Crippen LogP contribution is 2.17. The summed E-state index contributed by atoms with van der Waals surface area (Å²) in [6, 6.07) is 18.0. The first-order valence-electron chi connectivity index (χ1n) is 8.37. The number of benzene rings is 2. The summed E-state index contributed by atoms with van der Waals surface area (Å²) in [6.07, 6.45) is 1.36. The predicted octanol–water partition coefficient (Wildman–Crippen LogP) is 3.09. The topological polar surface area (TPSA) is 50.4 Å². The Kier molecular flexibility index (Phi) is 7.30. The monoisotopic (exact) mass is 326 g/mol. The number of para-hydroxylation sites is 1.